The van der Waals surface area contributed by atoms with E-state index in [4.69, 9.17) is 11.6 Å². The average molecular weight is 279 g/mol. The van der Waals surface area contributed by atoms with Crippen molar-refractivity contribution in [3.63, 3.8) is 0 Å². The number of halogens is 1. The van der Waals surface area contributed by atoms with Gasteiger partial charge in [-0.05, 0) is 36.9 Å². The number of benzene rings is 1. The van der Waals surface area contributed by atoms with Gasteiger partial charge in [-0.2, -0.15) is 11.8 Å². The lowest BCUT2D eigenvalue weighted by atomic mass is 10.1. The van der Waals surface area contributed by atoms with Gasteiger partial charge in [0.25, 0.3) is 0 Å². The van der Waals surface area contributed by atoms with Gasteiger partial charge in [-0.15, -0.1) is 0 Å². The molecule has 0 bridgehead atoms. The molecule has 1 aromatic carbocycles. The number of aromatic nitrogens is 1. The maximum atomic E-state index is 6.23. The molecule has 0 radical (unpaired) electrons. The summed E-state index contributed by atoms with van der Waals surface area (Å²) in [7, 11) is 0. The van der Waals surface area contributed by atoms with Crippen molar-refractivity contribution < 1.29 is 0 Å². The molecular weight excluding hydrogens is 264 g/mol. The van der Waals surface area contributed by atoms with E-state index in [1.165, 1.54) is 11.1 Å². The van der Waals surface area contributed by atoms with Gasteiger partial charge in [0.15, 0.2) is 0 Å². The van der Waals surface area contributed by atoms with Crippen molar-refractivity contribution in [2.75, 3.05) is 18.8 Å². The van der Waals surface area contributed by atoms with Crippen LogP contribution in [0, 0.1) is 5.92 Å². The Balaban J connectivity index is 1.72. The SMILES string of the molecule is Clc1nc2ccccc2cc1CSCC1CNC1. The molecule has 2 aromatic rings. The summed E-state index contributed by atoms with van der Waals surface area (Å²) in [6.45, 7) is 2.33. The van der Waals surface area contributed by atoms with E-state index >= 15 is 0 Å². The minimum atomic E-state index is 0.646. The zero-order valence-corrected chi connectivity index (χ0v) is 11.6. The molecule has 0 amide bonds. The molecule has 2 heterocycles. The van der Waals surface area contributed by atoms with Crippen molar-refractivity contribution in [1.82, 2.24) is 10.3 Å². The quantitative estimate of drug-likeness (QED) is 0.869. The first-order chi connectivity index (χ1) is 8.83. The number of para-hydroxylation sites is 1. The van der Waals surface area contributed by atoms with Crippen LogP contribution in [-0.2, 0) is 5.75 Å². The third kappa shape index (κ3) is 2.63. The number of thioether (sulfide) groups is 1. The van der Waals surface area contributed by atoms with Gasteiger partial charge in [0.05, 0.1) is 5.52 Å². The van der Waals surface area contributed by atoms with Crippen LogP contribution >= 0.6 is 23.4 Å². The summed E-state index contributed by atoms with van der Waals surface area (Å²) in [6, 6.07) is 10.3. The third-order valence-corrected chi connectivity index (χ3v) is 4.78. The molecule has 1 N–H and O–H groups in total. The molecule has 1 aromatic heterocycles. The Hall–Kier alpha value is -0.770. The summed E-state index contributed by atoms with van der Waals surface area (Å²) < 4.78 is 0. The molecule has 0 saturated carbocycles. The van der Waals surface area contributed by atoms with Crippen LogP contribution in [0.4, 0.5) is 0 Å². The average Bonchev–Trinajstić information content (AvgIpc) is 2.32. The highest BCUT2D eigenvalue weighted by Gasteiger charge is 2.16. The molecule has 1 aliphatic rings. The third-order valence-electron chi connectivity index (χ3n) is 3.23. The maximum Gasteiger partial charge on any atom is 0.133 e. The second-order valence-corrected chi connectivity index (χ2v) is 6.06. The van der Waals surface area contributed by atoms with E-state index in [0.29, 0.717) is 5.15 Å². The highest BCUT2D eigenvalue weighted by atomic mass is 35.5. The van der Waals surface area contributed by atoms with Crippen LogP contribution in [0.1, 0.15) is 5.56 Å². The number of nitrogens with one attached hydrogen (secondary N) is 1. The zero-order chi connectivity index (χ0) is 12.4. The molecule has 0 aliphatic carbocycles. The summed E-state index contributed by atoms with van der Waals surface area (Å²) in [5.41, 5.74) is 2.12. The Morgan fingerprint density at radius 1 is 1.33 bits per heavy atom. The molecule has 1 aliphatic heterocycles. The Labute approximate surface area is 116 Å². The summed E-state index contributed by atoms with van der Waals surface area (Å²) >= 11 is 8.18. The van der Waals surface area contributed by atoms with Crippen LogP contribution in [0.3, 0.4) is 0 Å². The molecule has 18 heavy (non-hydrogen) atoms. The molecule has 2 nitrogen and oxygen atoms in total. The fourth-order valence-electron chi connectivity index (χ4n) is 2.04. The van der Waals surface area contributed by atoms with Crippen LogP contribution in [0.25, 0.3) is 10.9 Å². The first-order valence-electron chi connectivity index (χ1n) is 6.15. The Morgan fingerprint density at radius 3 is 2.94 bits per heavy atom. The van der Waals surface area contributed by atoms with E-state index in [0.717, 1.165) is 35.8 Å². The highest BCUT2D eigenvalue weighted by Crippen LogP contribution is 2.25. The molecule has 0 atom stereocenters. The Bertz CT molecular complexity index is 554. The number of fused-ring (bicyclic) bond motifs is 1. The van der Waals surface area contributed by atoms with Crippen molar-refractivity contribution in [2.24, 2.45) is 5.92 Å². The van der Waals surface area contributed by atoms with Crippen LogP contribution in [0.2, 0.25) is 5.15 Å². The van der Waals surface area contributed by atoms with Gasteiger partial charge >= 0.3 is 0 Å². The van der Waals surface area contributed by atoms with Gasteiger partial charge in [0.2, 0.25) is 0 Å². The van der Waals surface area contributed by atoms with E-state index in [9.17, 15) is 0 Å². The van der Waals surface area contributed by atoms with Crippen molar-refractivity contribution >= 4 is 34.3 Å². The van der Waals surface area contributed by atoms with Crippen molar-refractivity contribution in [3.8, 4) is 0 Å². The number of pyridine rings is 1. The van der Waals surface area contributed by atoms with Crippen molar-refractivity contribution in [2.45, 2.75) is 5.75 Å². The molecule has 0 spiro atoms. The number of rotatable bonds is 4. The molecule has 1 fully saturated rings. The summed E-state index contributed by atoms with van der Waals surface area (Å²) in [4.78, 5) is 4.45. The van der Waals surface area contributed by atoms with Gasteiger partial charge in [0.1, 0.15) is 5.15 Å². The standard InChI is InChI=1S/C14H15ClN2S/c15-14-12(9-18-8-10-6-16-7-10)5-11-3-1-2-4-13(11)17-14/h1-5,10,16H,6-9H2. The van der Waals surface area contributed by atoms with Crippen LogP contribution in [0.15, 0.2) is 30.3 Å². The van der Waals surface area contributed by atoms with E-state index < -0.39 is 0 Å². The number of nitrogens with zero attached hydrogens (tertiary/aromatic N) is 1. The highest BCUT2D eigenvalue weighted by molar-refractivity contribution is 7.98. The summed E-state index contributed by atoms with van der Waals surface area (Å²) in [6.07, 6.45) is 0. The smallest absolute Gasteiger partial charge is 0.133 e. The van der Waals surface area contributed by atoms with E-state index in [2.05, 4.69) is 22.4 Å². The molecule has 3 rings (SSSR count). The van der Waals surface area contributed by atoms with Crippen molar-refractivity contribution in [1.29, 1.82) is 0 Å². The first-order valence-corrected chi connectivity index (χ1v) is 7.69. The lowest BCUT2D eigenvalue weighted by Gasteiger charge is -2.26. The van der Waals surface area contributed by atoms with Crippen molar-refractivity contribution in [3.05, 3.63) is 41.0 Å². The normalized spacial score (nSPS) is 15.8. The lowest BCUT2D eigenvalue weighted by Crippen LogP contribution is -2.43. The van der Waals surface area contributed by atoms with E-state index in [1.54, 1.807) is 0 Å². The maximum absolute atomic E-state index is 6.23. The Morgan fingerprint density at radius 2 is 2.17 bits per heavy atom. The predicted octanol–water partition coefficient (Wildman–Crippen LogP) is 3.34. The fourth-order valence-corrected chi connectivity index (χ4v) is 3.46. The first kappa shape index (κ1) is 12.3. The minimum absolute atomic E-state index is 0.646. The number of hydrogen-bond donors (Lipinski definition) is 1. The van der Waals surface area contributed by atoms with Gasteiger partial charge < -0.3 is 5.32 Å². The second kappa shape index (κ2) is 5.47. The topological polar surface area (TPSA) is 24.9 Å². The zero-order valence-electron chi connectivity index (χ0n) is 10.0. The molecule has 0 unspecified atom stereocenters. The predicted molar refractivity (Wildman–Crippen MR) is 79.3 cm³/mol. The molecular formula is C14H15ClN2S. The number of hydrogen-bond acceptors (Lipinski definition) is 3. The largest absolute Gasteiger partial charge is 0.316 e. The summed E-state index contributed by atoms with van der Waals surface area (Å²) in [5.74, 6) is 2.99. The lowest BCUT2D eigenvalue weighted by molar-refractivity contribution is 0.385. The van der Waals surface area contributed by atoms with Gasteiger partial charge in [0, 0.05) is 16.7 Å². The van der Waals surface area contributed by atoms with Crippen LogP contribution in [-0.4, -0.2) is 23.8 Å². The Kier molecular flexibility index (Phi) is 3.73. The molecule has 94 valence electrons. The molecule has 1 saturated heterocycles. The van der Waals surface area contributed by atoms with Gasteiger partial charge in [-0.1, -0.05) is 29.8 Å². The van der Waals surface area contributed by atoms with Crippen LogP contribution < -0.4 is 5.32 Å². The van der Waals surface area contributed by atoms with E-state index in [-0.39, 0.29) is 0 Å². The van der Waals surface area contributed by atoms with Gasteiger partial charge in [-0.3, -0.25) is 0 Å². The van der Waals surface area contributed by atoms with Crippen LogP contribution in [0.5, 0.6) is 0 Å². The summed E-state index contributed by atoms with van der Waals surface area (Å²) in [5, 5.41) is 5.11. The fraction of sp³-hybridized carbons (Fsp3) is 0.357. The minimum Gasteiger partial charge on any atom is -0.316 e. The van der Waals surface area contributed by atoms with E-state index in [1.807, 2.05) is 30.0 Å². The second-order valence-electron chi connectivity index (χ2n) is 4.67. The molecule has 4 heteroatoms. The van der Waals surface area contributed by atoms with Gasteiger partial charge in [-0.25, -0.2) is 4.98 Å². The monoisotopic (exact) mass is 278 g/mol.